The maximum atomic E-state index is 13.1. The summed E-state index contributed by atoms with van der Waals surface area (Å²) < 4.78 is 0. The summed E-state index contributed by atoms with van der Waals surface area (Å²) in [4.78, 5) is 28.1. The van der Waals surface area contributed by atoms with Gasteiger partial charge in [0.25, 0.3) is 0 Å². The molecule has 1 aliphatic rings. The van der Waals surface area contributed by atoms with Crippen LogP contribution in [0.2, 0.25) is 0 Å². The standard InChI is InChI=1S/C21H24N2O3.ClH/c24-20(16-22-14-8-7-13-19(22)21(25)26)23(18-11-5-2-6-12-18)15-17-9-3-1-4-10-17;/h1-6,9-12,19H,7-8,13-16H2,(H,25,26);1H. The van der Waals surface area contributed by atoms with Crippen molar-refractivity contribution in [3.8, 4) is 0 Å². The lowest BCUT2D eigenvalue weighted by molar-refractivity contribution is -0.145. The normalized spacial score (nSPS) is 17.0. The molecular weight excluding hydrogens is 364 g/mol. The Morgan fingerprint density at radius 2 is 1.63 bits per heavy atom. The fourth-order valence-electron chi connectivity index (χ4n) is 3.42. The number of aliphatic carboxylic acids is 1. The van der Waals surface area contributed by atoms with Crippen molar-refractivity contribution in [2.24, 2.45) is 0 Å². The highest BCUT2D eigenvalue weighted by molar-refractivity contribution is 5.95. The van der Waals surface area contributed by atoms with Gasteiger partial charge < -0.3 is 10.0 Å². The molecule has 0 radical (unpaired) electrons. The molecule has 2 aromatic carbocycles. The van der Waals surface area contributed by atoms with Crippen molar-refractivity contribution in [1.82, 2.24) is 4.90 Å². The zero-order chi connectivity index (χ0) is 18.4. The van der Waals surface area contributed by atoms with E-state index in [4.69, 9.17) is 0 Å². The summed E-state index contributed by atoms with van der Waals surface area (Å²) in [5.74, 6) is -0.917. The highest BCUT2D eigenvalue weighted by Crippen LogP contribution is 2.21. The van der Waals surface area contributed by atoms with Crippen LogP contribution in [0.1, 0.15) is 24.8 Å². The van der Waals surface area contributed by atoms with Crippen LogP contribution in [0.3, 0.4) is 0 Å². The third kappa shape index (κ3) is 5.55. The number of hydrogen-bond acceptors (Lipinski definition) is 3. The molecule has 5 nitrogen and oxygen atoms in total. The lowest BCUT2D eigenvalue weighted by Gasteiger charge is -2.34. The van der Waals surface area contributed by atoms with Gasteiger partial charge >= 0.3 is 5.97 Å². The molecule has 1 aliphatic heterocycles. The van der Waals surface area contributed by atoms with E-state index in [1.807, 2.05) is 60.7 Å². The number of rotatable bonds is 6. The minimum atomic E-state index is -0.841. The zero-order valence-electron chi connectivity index (χ0n) is 15.2. The molecule has 144 valence electrons. The Bertz CT molecular complexity index is 740. The van der Waals surface area contributed by atoms with Gasteiger partial charge in [-0.3, -0.25) is 14.5 Å². The fourth-order valence-corrected chi connectivity index (χ4v) is 3.42. The van der Waals surface area contributed by atoms with Gasteiger partial charge in [0.2, 0.25) is 5.91 Å². The number of halogens is 1. The minimum Gasteiger partial charge on any atom is -0.480 e. The number of hydrogen-bond donors (Lipinski definition) is 1. The average Bonchev–Trinajstić information content (AvgIpc) is 2.68. The predicted octanol–water partition coefficient (Wildman–Crippen LogP) is 3.58. The Hall–Kier alpha value is -2.37. The summed E-state index contributed by atoms with van der Waals surface area (Å²) in [5.41, 5.74) is 1.86. The Balaban J connectivity index is 0.00000261. The number of anilines is 1. The van der Waals surface area contributed by atoms with E-state index in [1.165, 1.54) is 0 Å². The van der Waals surface area contributed by atoms with Crippen molar-refractivity contribution in [2.45, 2.75) is 31.8 Å². The number of likely N-dealkylation sites (tertiary alicyclic amines) is 1. The van der Waals surface area contributed by atoms with E-state index in [2.05, 4.69) is 0 Å². The summed E-state index contributed by atoms with van der Waals surface area (Å²) in [5, 5.41) is 9.45. The van der Waals surface area contributed by atoms with Gasteiger partial charge in [-0.2, -0.15) is 0 Å². The highest BCUT2D eigenvalue weighted by Gasteiger charge is 2.31. The molecule has 0 bridgehead atoms. The second-order valence-corrected chi connectivity index (χ2v) is 6.62. The summed E-state index contributed by atoms with van der Waals surface area (Å²) in [7, 11) is 0. The minimum absolute atomic E-state index is 0. The van der Waals surface area contributed by atoms with Gasteiger partial charge in [0.05, 0.1) is 13.1 Å². The van der Waals surface area contributed by atoms with E-state index in [9.17, 15) is 14.7 Å². The molecule has 1 fully saturated rings. The van der Waals surface area contributed by atoms with Crippen LogP contribution in [0.4, 0.5) is 5.69 Å². The quantitative estimate of drug-likeness (QED) is 0.821. The van der Waals surface area contributed by atoms with E-state index in [0.717, 1.165) is 24.1 Å². The second-order valence-electron chi connectivity index (χ2n) is 6.62. The van der Waals surface area contributed by atoms with Crippen molar-refractivity contribution < 1.29 is 14.7 Å². The molecule has 1 heterocycles. The first-order chi connectivity index (χ1) is 12.6. The largest absolute Gasteiger partial charge is 0.480 e. The summed E-state index contributed by atoms with van der Waals surface area (Å²) in [6, 6.07) is 18.8. The SMILES string of the molecule is Cl.O=C(O)C1CCCCN1CC(=O)N(Cc1ccccc1)c1ccccc1. The number of nitrogens with zero attached hydrogens (tertiary/aromatic N) is 2. The average molecular weight is 389 g/mol. The molecule has 6 heteroatoms. The molecule has 1 amide bonds. The Morgan fingerprint density at radius 1 is 1.00 bits per heavy atom. The van der Waals surface area contributed by atoms with Gasteiger partial charge in [0.1, 0.15) is 6.04 Å². The predicted molar refractivity (Wildman–Crippen MR) is 108 cm³/mol. The van der Waals surface area contributed by atoms with Crippen LogP contribution in [0, 0.1) is 0 Å². The first kappa shape index (κ1) is 20.9. The number of benzene rings is 2. The maximum Gasteiger partial charge on any atom is 0.320 e. The molecule has 0 saturated carbocycles. The number of para-hydroxylation sites is 1. The number of carboxylic acid groups (broad SMARTS) is 1. The maximum absolute atomic E-state index is 13.1. The third-order valence-electron chi connectivity index (χ3n) is 4.79. The van der Waals surface area contributed by atoms with E-state index >= 15 is 0 Å². The molecule has 0 aliphatic carbocycles. The van der Waals surface area contributed by atoms with Crippen LogP contribution < -0.4 is 4.90 Å². The number of carboxylic acids is 1. The van der Waals surface area contributed by atoms with Gasteiger partial charge in [-0.25, -0.2) is 0 Å². The lowest BCUT2D eigenvalue weighted by atomic mass is 10.0. The summed E-state index contributed by atoms with van der Waals surface area (Å²) in [6.07, 6.45) is 2.43. The van der Waals surface area contributed by atoms with E-state index < -0.39 is 12.0 Å². The van der Waals surface area contributed by atoms with Crippen LogP contribution in [0.25, 0.3) is 0 Å². The van der Waals surface area contributed by atoms with Crippen molar-refractivity contribution in [1.29, 1.82) is 0 Å². The van der Waals surface area contributed by atoms with Crippen LogP contribution in [0.15, 0.2) is 60.7 Å². The van der Waals surface area contributed by atoms with Crippen molar-refractivity contribution >= 4 is 30.0 Å². The molecule has 0 spiro atoms. The Kier molecular flexibility index (Phi) is 7.82. The highest BCUT2D eigenvalue weighted by atomic mass is 35.5. The molecule has 3 rings (SSSR count). The molecule has 1 N–H and O–H groups in total. The number of piperidine rings is 1. The number of carbonyl (C=O) groups is 2. The fraction of sp³-hybridized carbons (Fsp3) is 0.333. The molecule has 1 atom stereocenters. The van der Waals surface area contributed by atoms with Crippen molar-refractivity contribution in [3.63, 3.8) is 0 Å². The monoisotopic (exact) mass is 388 g/mol. The molecule has 27 heavy (non-hydrogen) atoms. The zero-order valence-corrected chi connectivity index (χ0v) is 16.0. The number of carbonyl (C=O) groups excluding carboxylic acids is 1. The first-order valence-corrected chi connectivity index (χ1v) is 9.01. The van der Waals surface area contributed by atoms with E-state index in [0.29, 0.717) is 19.5 Å². The van der Waals surface area contributed by atoms with Gasteiger partial charge in [-0.15, -0.1) is 12.4 Å². The molecule has 1 unspecified atom stereocenters. The van der Waals surface area contributed by atoms with Crippen molar-refractivity contribution in [3.05, 3.63) is 66.2 Å². The van der Waals surface area contributed by atoms with Crippen molar-refractivity contribution in [2.75, 3.05) is 18.0 Å². The van der Waals surface area contributed by atoms with Gasteiger partial charge in [-0.05, 0) is 37.1 Å². The van der Waals surface area contributed by atoms with E-state index in [-0.39, 0.29) is 24.9 Å². The smallest absolute Gasteiger partial charge is 0.320 e. The first-order valence-electron chi connectivity index (χ1n) is 9.01. The van der Waals surface area contributed by atoms with Gasteiger partial charge in [0.15, 0.2) is 0 Å². The van der Waals surface area contributed by atoms with Crippen LogP contribution in [-0.2, 0) is 16.1 Å². The van der Waals surface area contributed by atoms with Gasteiger partial charge in [0, 0.05) is 5.69 Å². The van der Waals surface area contributed by atoms with Crippen LogP contribution in [-0.4, -0.2) is 41.0 Å². The Labute approximate surface area is 166 Å². The second kappa shape index (κ2) is 10.1. The topological polar surface area (TPSA) is 60.9 Å². The lowest BCUT2D eigenvalue weighted by Crippen LogP contribution is -2.49. The van der Waals surface area contributed by atoms with Crippen LogP contribution >= 0.6 is 12.4 Å². The Morgan fingerprint density at radius 3 is 2.26 bits per heavy atom. The molecule has 2 aromatic rings. The van der Waals surface area contributed by atoms with Crippen LogP contribution in [0.5, 0.6) is 0 Å². The van der Waals surface area contributed by atoms with Gasteiger partial charge in [-0.1, -0.05) is 55.0 Å². The summed E-state index contributed by atoms with van der Waals surface area (Å²) in [6.45, 7) is 1.24. The molecular formula is C21H25ClN2O3. The van der Waals surface area contributed by atoms with E-state index in [1.54, 1.807) is 9.80 Å². The molecule has 1 saturated heterocycles. The summed E-state index contributed by atoms with van der Waals surface area (Å²) >= 11 is 0. The number of amides is 1. The third-order valence-corrected chi connectivity index (χ3v) is 4.79. The molecule has 0 aromatic heterocycles.